The maximum atomic E-state index is 11.6. The second-order valence-electron chi connectivity index (χ2n) is 5.19. The lowest BCUT2D eigenvalue weighted by atomic mass is 10.00. The Balaban J connectivity index is 2.26. The van der Waals surface area contributed by atoms with Gasteiger partial charge in [-0.1, -0.05) is 0 Å². The largest absolute Gasteiger partial charge is 0.352 e. The van der Waals surface area contributed by atoms with E-state index in [0.717, 1.165) is 0 Å². The Kier molecular flexibility index (Phi) is 4.69. The monoisotopic (exact) mass is 238 g/mol. The summed E-state index contributed by atoms with van der Waals surface area (Å²) >= 11 is 0. The van der Waals surface area contributed by atoms with Crippen molar-refractivity contribution in [2.45, 2.75) is 51.7 Å². The molecule has 5 heteroatoms. The molecule has 1 aromatic rings. The van der Waals surface area contributed by atoms with Crippen molar-refractivity contribution >= 4 is 5.91 Å². The number of nitrogens with zero attached hydrogens (tertiary/aromatic N) is 2. The van der Waals surface area contributed by atoms with Crippen LogP contribution in [0, 0.1) is 0 Å². The van der Waals surface area contributed by atoms with Crippen LogP contribution in [-0.4, -0.2) is 27.3 Å². The van der Waals surface area contributed by atoms with E-state index in [2.05, 4.69) is 10.4 Å². The predicted molar refractivity (Wildman–Crippen MR) is 67.3 cm³/mol. The van der Waals surface area contributed by atoms with Crippen LogP contribution in [0.4, 0.5) is 0 Å². The molecule has 0 aliphatic rings. The van der Waals surface area contributed by atoms with Crippen LogP contribution in [0.3, 0.4) is 0 Å². The minimum Gasteiger partial charge on any atom is -0.352 e. The van der Waals surface area contributed by atoms with Gasteiger partial charge in [0, 0.05) is 30.4 Å². The first-order valence-electron chi connectivity index (χ1n) is 5.92. The smallest absolute Gasteiger partial charge is 0.220 e. The van der Waals surface area contributed by atoms with E-state index in [-0.39, 0.29) is 17.5 Å². The van der Waals surface area contributed by atoms with Gasteiger partial charge in [-0.15, -0.1) is 0 Å². The first kappa shape index (κ1) is 13.7. The topological polar surface area (TPSA) is 72.9 Å². The number of nitrogens with one attached hydrogen (secondary N) is 1. The minimum absolute atomic E-state index is 0.0446. The molecule has 1 amide bonds. The minimum atomic E-state index is -0.289. The molecule has 1 unspecified atom stereocenters. The van der Waals surface area contributed by atoms with Gasteiger partial charge in [0.2, 0.25) is 5.91 Å². The third kappa shape index (κ3) is 6.06. The zero-order valence-corrected chi connectivity index (χ0v) is 10.8. The molecule has 0 bridgehead atoms. The summed E-state index contributed by atoms with van der Waals surface area (Å²) in [5, 5.41) is 7.03. The van der Waals surface area contributed by atoms with Gasteiger partial charge in [-0.25, -0.2) is 0 Å². The first-order valence-corrected chi connectivity index (χ1v) is 5.92. The van der Waals surface area contributed by atoms with Crippen molar-refractivity contribution in [1.82, 2.24) is 15.1 Å². The van der Waals surface area contributed by atoms with Gasteiger partial charge in [0.25, 0.3) is 0 Å². The first-order chi connectivity index (χ1) is 7.87. The lowest BCUT2D eigenvalue weighted by Crippen LogP contribution is -2.38. The summed E-state index contributed by atoms with van der Waals surface area (Å²) in [7, 11) is 0. The van der Waals surface area contributed by atoms with E-state index in [0.29, 0.717) is 19.4 Å². The SMILES string of the molecule is CC(Cn1cccn1)NC(=O)CCC(C)(C)N. The molecule has 17 heavy (non-hydrogen) atoms. The number of aromatic nitrogens is 2. The van der Waals surface area contributed by atoms with Gasteiger partial charge in [-0.3, -0.25) is 9.48 Å². The summed E-state index contributed by atoms with van der Waals surface area (Å²) < 4.78 is 1.80. The van der Waals surface area contributed by atoms with Crippen LogP contribution in [-0.2, 0) is 11.3 Å². The number of nitrogens with two attached hydrogens (primary N) is 1. The van der Waals surface area contributed by atoms with Crippen LogP contribution in [0.15, 0.2) is 18.5 Å². The number of carbonyl (C=O) groups excluding carboxylic acids is 1. The molecule has 1 aromatic heterocycles. The Morgan fingerprint density at radius 2 is 2.29 bits per heavy atom. The van der Waals surface area contributed by atoms with Crippen molar-refractivity contribution in [3.8, 4) is 0 Å². The average Bonchev–Trinajstić information content (AvgIpc) is 2.66. The Labute approximate surface area is 102 Å². The van der Waals surface area contributed by atoms with Crippen LogP contribution in [0.5, 0.6) is 0 Å². The van der Waals surface area contributed by atoms with Crippen LogP contribution < -0.4 is 11.1 Å². The zero-order chi connectivity index (χ0) is 12.9. The molecule has 0 aliphatic carbocycles. The summed E-state index contributed by atoms with van der Waals surface area (Å²) in [5.74, 6) is 0.0446. The highest BCUT2D eigenvalue weighted by molar-refractivity contribution is 5.76. The molecule has 0 aromatic carbocycles. The van der Waals surface area contributed by atoms with Crippen LogP contribution in [0.1, 0.15) is 33.6 Å². The van der Waals surface area contributed by atoms with E-state index in [1.54, 1.807) is 10.9 Å². The fourth-order valence-electron chi connectivity index (χ4n) is 1.52. The van der Waals surface area contributed by atoms with Gasteiger partial charge in [0.05, 0.1) is 6.54 Å². The van der Waals surface area contributed by atoms with Crippen molar-refractivity contribution in [1.29, 1.82) is 0 Å². The summed E-state index contributed by atoms with van der Waals surface area (Å²) in [6.45, 7) is 6.50. The molecule has 0 aliphatic heterocycles. The quantitative estimate of drug-likeness (QED) is 0.773. The molecule has 0 saturated carbocycles. The van der Waals surface area contributed by atoms with Crippen molar-refractivity contribution in [3.63, 3.8) is 0 Å². The summed E-state index contributed by atoms with van der Waals surface area (Å²) in [6.07, 6.45) is 4.76. The van der Waals surface area contributed by atoms with E-state index in [9.17, 15) is 4.79 Å². The van der Waals surface area contributed by atoms with Gasteiger partial charge in [0.1, 0.15) is 0 Å². The highest BCUT2D eigenvalue weighted by Gasteiger charge is 2.14. The molecule has 0 spiro atoms. The fourth-order valence-corrected chi connectivity index (χ4v) is 1.52. The standard InChI is InChI=1S/C12H22N4O/c1-10(9-16-8-4-7-14-16)15-11(17)5-6-12(2,3)13/h4,7-8,10H,5-6,9,13H2,1-3H3,(H,15,17). The zero-order valence-electron chi connectivity index (χ0n) is 10.8. The van der Waals surface area contributed by atoms with Crippen molar-refractivity contribution in [2.24, 2.45) is 5.73 Å². The lowest BCUT2D eigenvalue weighted by Gasteiger charge is -2.19. The van der Waals surface area contributed by atoms with Gasteiger partial charge in [0.15, 0.2) is 0 Å². The van der Waals surface area contributed by atoms with Gasteiger partial charge < -0.3 is 11.1 Å². The Morgan fingerprint density at radius 3 is 2.82 bits per heavy atom. The molecule has 0 radical (unpaired) electrons. The normalized spacial score (nSPS) is 13.4. The molecule has 3 N–H and O–H groups in total. The summed E-state index contributed by atoms with van der Waals surface area (Å²) in [6, 6.07) is 1.94. The Bertz CT molecular complexity index is 340. The van der Waals surface area contributed by atoms with E-state index in [1.165, 1.54) is 0 Å². The Morgan fingerprint density at radius 1 is 1.59 bits per heavy atom. The second-order valence-corrected chi connectivity index (χ2v) is 5.19. The molecular weight excluding hydrogens is 216 g/mol. The molecule has 1 atom stereocenters. The maximum Gasteiger partial charge on any atom is 0.220 e. The van der Waals surface area contributed by atoms with E-state index >= 15 is 0 Å². The average molecular weight is 238 g/mol. The van der Waals surface area contributed by atoms with Gasteiger partial charge in [-0.2, -0.15) is 5.10 Å². The van der Waals surface area contributed by atoms with Crippen LogP contribution >= 0.6 is 0 Å². The molecular formula is C12H22N4O. The van der Waals surface area contributed by atoms with Gasteiger partial charge >= 0.3 is 0 Å². The highest BCUT2D eigenvalue weighted by atomic mass is 16.1. The summed E-state index contributed by atoms with van der Waals surface area (Å²) in [5.41, 5.74) is 5.54. The lowest BCUT2D eigenvalue weighted by molar-refractivity contribution is -0.122. The molecule has 0 fully saturated rings. The number of carbonyl (C=O) groups is 1. The van der Waals surface area contributed by atoms with Crippen molar-refractivity contribution in [2.75, 3.05) is 0 Å². The summed E-state index contributed by atoms with van der Waals surface area (Å²) in [4.78, 5) is 11.6. The maximum absolute atomic E-state index is 11.6. The molecule has 5 nitrogen and oxygen atoms in total. The molecule has 0 saturated heterocycles. The van der Waals surface area contributed by atoms with Crippen molar-refractivity contribution in [3.05, 3.63) is 18.5 Å². The highest BCUT2D eigenvalue weighted by Crippen LogP contribution is 2.06. The predicted octanol–water partition coefficient (Wildman–Crippen LogP) is 0.905. The van der Waals surface area contributed by atoms with Crippen LogP contribution in [0.25, 0.3) is 0 Å². The third-order valence-corrected chi connectivity index (χ3v) is 2.42. The van der Waals surface area contributed by atoms with E-state index in [1.807, 2.05) is 33.0 Å². The Hall–Kier alpha value is -1.36. The second kappa shape index (κ2) is 5.82. The number of rotatable bonds is 6. The van der Waals surface area contributed by atoms with Gasteiger partial charge in [-0.05, 0) is 33.3 Å². The number of amides is 1. The third-order valence-electron chi connectivity index (χ3n) is 2.42. The number of hydrogen-bond donors (Lipinski definition) is 2. The number of hydrogen-bond acceptors (Lipinski definition) is 3. The van der Waals surface area contributed by atoms with Crippen LogP contribution in [0.2, 0.25) is 0 Å². The molecule has 96 valence electrons. The van der Waals surface area contributed by atoms with E-state index < -0.39 is 0 Å². The van der Waals surface area contributed by atoms with E-state index in [4.69, 9.17) is 5.73 Å². The molecule has 1 heterocycles. The fraction of sp³-hybridized carbons (Fsp3) is 0.667. The van der Waals surface area contributed by atoms with Crippen molar-refractivity contribution < 1.29 is 4.79 Å². The molecule has 1 rings (SSSR count).